The van der Waals surface area contributed by atoms with E-state index in [1.807, 2.05) is 10.8 Å². The van der Waals surface area contributed by atoms with E-state index in [0.717, 1.165) is 0 Å². The zero-order chi connectivity index (χ0) is 17.5. The minimum Gasteiger partial charge on any atom is -0.406 e. The van der Waals surface area contributed by atoms with Crippen LogP contribution in [0, 0.1) is 5.92 Å². The zero-order valence-electron chi connectivity index (χ0n) is 13.2. The molecule has 0 radical (unpaired) electrons. The maximum absolute atomic E-state index is 12.4. The smallest absolute Gasteiger partial charge is 0.406 e. The van der Waals surface area contributed by atoms with Crippen molar-refractivity contribution in [3.05, 3.63) is 42.2 Å². The number of ether oxygens (including phenoxy) is 1. The number of nitrogens with one attached hydrogen (secondary N) is 1. The van der Waals surface area contributed by atoms with Gasteiger partial charge in [-0.2, -0.15) is 0 Å². The van der Waals surface area contributed by atoms with Gasteiger partial charge in [-0.15, -0.1) is 13.2 Å². The van der Waals surface area contributed by atoms with Crippen molar-refractivity contribution >= 4 is 5.91 Å². The average molecular weight is 338 g/mol. The van der Waals surface area contributed by atoms with Crippen LogP contribution < -0.4 is 10.1 Å². The lowest BCUT2D eigenvalue weighted by Gasteiger charge is -2.29. The summed E-state index contributed by atoms with van der Waals surface area (Å²) >= 11 is 0. The van der Waals surface area contributed by atoms with E-state index in [4.69, 9.17) is 0 Å². The van der Waals surface area contributed by atoms with Crippen LogP contribution in [-0.2, 0) is 0 Å². The van der Waals surface area contributed by atoms with Crippen molar-refractivity contribution in [1.82, 2.24) is 9.88 Å². The molecule has 1 aromatic heterocycles. The van der Waals surface area contributed by atoms with E-state index in [-0.39, 0.29) is 17.7 Å². The summed E-state index contributed by atoms with van der Waals surface area (Å²) in [6.45, 7) is 4.65. The van der Waals surface area contributed by atoms with Crippen LogP contribution in [0.5, 0.6) is 5.75 Å². The molecule has 0 saturated carbocycles. The molecule has 1 aliphatic rings. The van der Waals surface area contributed by atoms with Crippen LogP contribution in [-0.4, -0.2) is 23.4 Å². The van der Waals surface area contributed by atoms with Crippen molar-refractivity contribution in [3.63, 3.8) is 0 Å². The molecule has 0 saturated heterocycles. The molecule has 2 aromatic rings. The molecule has 1 atom stereocenters. The van der Waals surface area contributed by atoms with Crippen molar-refractivity contribution in [1.29, 1.82) is 0 Å². The second-order valence-corrected chi connectivity index (χ2v) is 6.12. The predicted molar refractivity (Wildman–Crippen MR) is 82.8 cm³/mol. The number of rotatable bonds is 3. The minimum atomic E-state index is -4.73. The number of hydrogen-bond donors (Lipinski definition) is 1. The van der Waals surface area contributed by atoms with Gasteiger partial charge in [0, 0.05) is 18.3 Å². The van der Waals surface area contributed by atoms with Crippen LogP contribution in [0.2, 0.25) is 0 Å². The highest BCUT2D eigenvalue weighted by Gasteiger charge is 2.31. The number of aromatic nitrogens is 1. The van der Waals surface area contributed by atoms with E-state index in [9.17, 15) is 18.0 Å². The van der Waals surface area contributed by atoms with Gasteiger partial charge < -0.3 is 14.6 Å². The lowest BCUT2D eigenvalue weighted by Crippen LogP contribution is -2.40. The number of fused-ring (bicyclic) bond motifs is 1. The van der Waals surface area contributed by atoms with E-state index >= 15 is 0 Å². The Morgan fingerprint density at radius 3 is 2.67 bits per heavy atom. The molecule has 4 nitrogen and oxygen atoms in total. The van der Waals surface area contributed by atoms with Crippen LogP contribution >= 0.6 is 0 Å². The highest BCUT2D eigenvalue weighted by Crippen LogP contribution is 2.32. The van der Waals surface area contributed by atoms with Crippen LogP contribution in [0.4, 0.5) is 13.2 Å². The van der Waals surface area contributed by atoms with Gasteiger partial charge in [-0.25, -0.2) is 0 Å². The molecule has 0 unspecified atom stereocenters. The number of alkyl halides is 3. The number of nitrogens with zero attached hydrogens (tertiary/aromatic N) is 1. The molecule has 3 rings (SSSR count). The molecule has 0 spiro atoms. The highest BCUT2D eigenvalue weighted by molar-refractivity contribution is 5.95. The van der Waals surface area contributed by atoms with Crippen LogP contribution in [0.25, 0.3) is 11.1 Å². The van der Waals surface area contributed by atoms with E-state index < -0.39 is 6.36 Å². The summed E-state index contributed by atoms with van der Waals surface area (Å²) in [7, 11) is 0. The van der Waals surface area contributed by atoms with Crippen molar-refractivity contribution < 1.29 is 22.7 Å². The third-order valence-electron chi connectivity index (χ3n) is 4.08. The fourth-order valence-corrected chi connectivity index (χ4v) is 2.91. The molecule has 24 heavy (non-hydrogen) atoms. The van der Waals surface area contributed by atoms with E-state index in [2.05, 4.69) is 23.9 Å². The van der Waals surface area contributed by atoms with Gasteiger partial charge >= 0.3 is 6.36 Å². The van der Waals surface area contributed by atoms with E-state index in [1.165, 1.54) is 18.2 Å². The fraction of sp³-hybridized carbons (Fsp3) is 0.353. The number of benzene rings is 1. The summed E-state index contributed by atoms with van der Waals surface area (Å²) in [6, 6.07) is 7.55. The first kappa shape index (κ1) is 16.4. The molecular formula is C17H17F3N2O2. The number of carbonyl (C=O) groups excluding carboxylic acids is 1. The Morgan fingerprint density at radius 2 is 2.00 bits per heavy atom. The molecule has 0 bridgehead atoms. The van der Waals surface area contributed by atoms with Crippen molar-refractivity contribution in [2.24, 2.45) is 5.92 Å². The Bertz CT molecular complexity index is 765. The molecular weight excluding hydrogens is 321 g/mol. The van der Waals surface area contributed by atoms with Crippen molar-refractivity contribution in [2.75, 3.05) is 6.54 Å². The Morgan fingerprint density at radius 1 is 1.25 bits per heavy atom. The molecule has 1 N–H and O–H groups in total. The molecule has 1 amide bonds. The molecule has 128 valence electrons. The first-order chi connectivity index (χ1) is 11.2. The fourth-order valence-electron chi connectivity index (χ4n) is 2.91. The first-order valence-corrected chi connectivity index (χ1v) is 7.61. The average Bonchev–Trinajstić information content (AvgIpc) is 2.91. The Labute approximate surface area is 137 Å². The van der Waals surface area contributed by atoms with Gasteiger partial charge in [0.1, 0.15) is 11.4 Å². The lowest BCUT2D eigenvalue weighted by molar-refractivity contribution is -0.274. The minimum absolute atomic E-state index is 0.112. The molecule has 2 heterocycles. The maximum atomic E-state index is 12.4. The van der Waals surface area contributed by atoms with E-state index in [0.29, 0.717) is 29.3 Å². The van der Waals surface area contributed by atoms with Crippen LogP contribution in [0.15, 0.2) is 36.5 Å². The first-order valence-electron chi connectivity index (χ1n) is 7.61. The molecule has 0 fully saturated rings. The summed E-state index contributed by atoms with van der Waals surface area (Å²) in [5.74, 6) is -0.153. The summed E-state index contributed by atoms with van der Waals surface area (Å²) in [6.07, 6.45) is -2.92. The second-order valence-electron chi connectivity index (χ2n) is 6.12. The molecule has 7 heteroatoms. The van der Waals surface area contributed by atoms with Crippen molar-refractivity contribution in [2.45, 2.75) is 26.3 Å². The highest BCUT2D eigenvalue weighted by atomic mass is 19.4. The lowest BCUT2D eigenvalue weighted by atomic mass is 10.0. The number of hydrogen-bond acceptors (Lipinski definition) is 2. The van der Waals surface area contributed by atoms with E-state index in [1.54, 1.807) is 12.1 Å². The quantitative estimate of drug-likeness (QED) is 0.919. The molecule has 1 aromatic carbocycles. The number of amides is 1. The van der Waals surface area contributed by atoms with Gasteiger partial charge in [0.2, 0.25) is 0 Å². The topological polar surface area (TPSA) is 43.3 Å². The Hall–Kier alpha value is -2.44. The normalized spacial score (nSPS) is 17.6. The van der Waals surface area contributed by atoms with Crippen molar-refractivity contribution in [3.8, 4) is 16.9 Å². The molecule has 0 aliphatic carbocycles. The predicted octanol–water partition coefficient (Wildman–Crippen LogP) is 3.99. The Kier molecular flexibility index (Phi) is 4.03. The standard InChI is InChI=1S/C17H17F3N2O2/c1-10(2)15-8-21-16(23)14-7-12(9-22(14)15)11-4-3-5-13(6-11)24-17(18,19)20/h3-7,9-10,15H,8H2,1-2H3,(H,21,23)/t15-/m1/s1. The summed E-state index contributed by atoms with van der Waals surface area (Å²) < 4.78 is 43.0. The maximum Gasteiger partial charge on any atom is 0.573 e. The summed E-state index contributed by atoms with van der Waals surface area (Å²) in [5, 5.41) is 2.84. The van der Waals surface area contributed by atoms with Crippen LogP contribution in [0.3, 0.4) is 0 Å². The number of carbonyl (C=O) groups is 1. The third kappa shape index (κ3) is 3.25. The SMILES string of the molecule is CC(C)[C@H]1CNC(=O)c2cc(-c3cccc(OC(F)(F)F)c3)cn21. The van der Waals surface area contributed by atoms with Crippen LogP contribution in [0.1, 0.15) is 30.4 Å². The van der Waals surface area contributed by atoms with Gasteiger partial charge in [-0.3, -0.25) is 4.79 Å². The third-order valence-corrected chi connectivity index (χ3v) is 4.08. The Balaban J connectivity index is 1.98. The zero-order valence-corrected chi connectivity index (χ0v) is 13.2. The van der Waals surface area contributed by atoms with Gasteiger partial charge in [0.05, 0.1) is 6.04 Å². The summed E-state index contributed by atoms with van der Waals surface area (Å²) in [5.41, 5.74) is 1.76. The largest absolute Gasteiger partial charge is 0.573 e. The van der Waals surface area contributed by atoms with Gasteiger partial charge in [-0.1, -0.05) is 26.0 Å². The molecule has 1 aliphatic heterocycles. The number of halogens is 3. The monoisotopic (exact) mass is 338 g/mol. The van der Waals surface area contributed by atoms with Gasteiger partial charge in [-0.05, 0) is 29.7 Å². The summed E-state index contributed by atoms with van der Waals surface area (Å²) in [4.78, 5) is 12.0. The van der Waals surface area contributed by atoms with Gasteiger partial charge in [0.25, 0.3) is 5.91 Å². The second kappa shape index (κ2) is 5.89. The van der Waals surface area contributed by atoms with Gasteiger partial charge in [0.15, 0.2) is 0 Å².